The standard InChI is InChI=1S/C25H27ClFN/c1-20(21-12-14-24(27)15-13-21)28(19-17-26)18-16-25(22-8-4-2-5-9-22)23-10-6-3-7-11-23/h2,4-6,8-16,20H,3,7,17-19H2,1H3/b25-16+. The highest BCUT2D eigenvalue weighted by molar-refractivity contribution is 6.18. The summed E-state index contributed by atoms with van der Waals surface area (Å²) in [5.41, 5.74) is 4.85. The van der Waals surface area contributed by atoms with E-state index in [1.54, 1.807) is 0 Å². The Hall–Kier alpha value is -2.16. The van der Waals surface area contributed by atoms with Gasteiger partial charge < -0.3 is 0 Å². The Kier molecular flexibility index (Phi) is 7.64. The van der Waals surface area contributed by atoms with E-state index >= 15 is 0 Å². The van der Waals surface area contributed by atoms with Crippen molar-refractivity contribution in [2.24, 2.45) is 0 Å². The summed E-state index contributed by atoms with van der Waals surface area (Å²) in [7, 11) is 0. The fourth-order valence-electron chi connectivity index (χ4n) is 3.55. The molecule has 146 valence electrons. The van der Waals surface area contributed by atoms with Crippen molar-refractivity contribution >= 4 is 17.2 Å². The molecule has 3 heteroatoms. The first-order chi connectivity index (χ1) is 13.7. The highest BCUT2D eigenvalue weighted by atomic mass is 35.5. The predicted molar refractivity (Wildman–Crippen MR) is 118 cm³/mol. The number of benzene rings is 2. The zero-order valence-corrected chi connectivity index (χ0v) is 17.1. The zero-order chi connectivity index (χ0) is 19.8. The second-order valence-electron chi connectivity index (χ2n) is 7.03. The van der Waals surface area contributed by atoms with E-state index in [1.807, 2.05) is 18.2 Å². The van der Waals surface area contributed by atoms with Crippen molar-refractivity contribution in [2.45, 2.75) is 25.8 Å². The van der Waals surface area contributed by atoms with Crippen LogP contribution in [0.2, 0.25) is 0 Å². The summed E-state index contributed by atoms with van der Waals surface area (Å²) in [6.45, 7) is 3.70. The minimum atomic E-state index is -0.206. The van der Waals surface area contributed by atoms with Gasteiger partial charge in [0, 0.05) is 25.0 Å². The van der Waals surface area contributed by atoms with Crippen molar-refractivity contribution < 1.29 is 4.39 Å². The third kappa shape index (κ3) is 5.43. The van der Waals surface area contributed by atoms with E-state index in [2.05, 4.69) is 60.4 Å². The van der Waals surface area contributed by atoms with Crippen molar-refractivity contribution in [3.05, 3.63) is 101 Å². The lowest BCUT2D eigenvalue weighted by molar-refractivity contribution is 0.248. The average Bonchev–Trinajstić information content (AvgIpc) is 2.75. The van der Waals surface area contributed by atoms with Crippen molar-refractivity contribution in [1.29, 1.82) is 0 Å². The maximum absolute atomic E-state index is 13.3. The summed E-state index contributed by atoms with van der Waals surface area (Å²) < 4.78 is 13.3. The number of halogens is 2. The average molecular weight is 396 g/mol. The van der Waals surface area contributed by atoms with E-state index in [1.165, 1.54) is 28.8 Å². The Morgan fingerprint density at radius 3 is 2.50 bits per heavy atom. The minimum absolute atomic E-state index is 0.156. The predicted octanol–water partition coefficient (Wildman–Crippen LogP) is 6.79. The van der Waals surface area contributed by atoms with Gasteiger partial charge in [-0.2, -0.15) is 0 Å². The molecule has 0 N–H and O–H groups in total. The fourth-order valence-corrected chi connectivity index (χ4v) is 3.76. The van der Waals surface area contributed by atoms with Crippen molar-refractivity contribution in [2.75, 3.05) is 19.0 Å². The van der Waals surface area contributed by atoms with Gasteiger partial charge in [-0.05, 0) is 54.2 Å². The van der Waals surface area contributed by atoms with Crippen LogP contribution in [0.4, 0.5) is 4.39 Å². The number of rotatable bonds is 8. The molecule has 0 bridgehead atoms. The van der Waals surface area contributed by atoms with Crippen molar-refractivity contribution in [1.82, 2.24) is 4.90 Å². The first-order valence-corrected chi connectivity index (χ1v) is 10.4. The lowest BCUT2D eigenvalue weighted by Gasteiger charge is -2.28. The molecular weight excluding hydrogens is 369 g/mol. The van der Waals surface area contributed by atoms with Gasteiger partial charge >= 0.3 is 0 Å². The van der Waals surface area contributed by atoms with Crippen LogP contribution in [0.15, 0.2) is 84.5 Å². The molecule has 0 amide bonds. The number of nitrogens with zero attached hydrogens (tertiary/aromatic N) is 1. The van der Waals surface area contributed by atoms with E-state index < -0.39 is 0 Å². The first-order valence-electron chi connectivity index (χ1n) is 9.87. The molecule has 0 spiro atoms. The van der Waals surface area contributed by atoms with Crippen LogP contribution < -0.4 is 0 Å². The number of alkyl halides is 1. The third-order valence-electron chi connectivity index (χ3n) is 5.19. The Morgan fingerprint density at radius 1 is 1.11 bits per heavy atom. The highest BCUT2D eigenvalue weighted by Gasteiger charge is 2.16. The molecule has 0 aliphatic heterocycles. The summed E-state index contributed by atoms with van der Waals surface area (Å²) in [6, 6.07) is 17.4. The molecule has 0 heterocycles. The Morgan fingerprint density at radius 2 is 1.86 bits per heavy atom. The fraction of sp³-hybridized carbons (Fsp3) is 0.280. The summed E-state index contributed by atoms with van der Waals surface area (Å²) in [4.78, 5) is 2.33. The molecule has 0 aromatic heterocycles. The van der Waals surface area contributed by atoms with Crippen LogP contribution in [-0.4, -0.2) is 23.9 Å². The van der Waals surface area contributed by atoms with Gasteiger partial charge in [0.1, 0.15) is 5.82 Å². The van der Waals surface area contributed by atoms with E-state index in [0.717, 1.165) is 31.5 Å². The van der Waals surface area contributed by atoms with Gasteiger partial charge in [0.15, 0.2) is 0 Å². The molecular formula is C25H27ClFN. The first kappa shape index (κ1) is 20.6. The number of allylic oxidation sites excluding steroid dienone is 5. The van der Waals surface area contributed by atoms with Crippen molar-refractivity contribution in [3.63, 3.8) is 0 Å². The van der Waals surface area contributed by atoms with Gasteiger partial charge in [-0.25, -0.2) is 4.39 Å². The number of hydrogen-bond acceptors (Lipinski definition) is 1. The second-order valence-corrected chi connectivity index (χ2v) is 7.41. The molecule has 1 unspecified atom stereocenters. The largest absolute Gasteiger partial charge is 0.292 e. The molecule has 1 aliphatic rings. The van der Waals surface area contributed by atoms with E-state index in [0.29, 0.717) is 5.88 Å². The smallest absolute Gasteiger partial charge is 0.123 e. The Labute approximate surface area is 172 Å². The van der Waals surface area contributed by atoms with E-state index in [4.69, 9.17) is 11.6 Å². The van der Waals surface area contributed by atoms with Crippen LogP contribution in [0.25, 0.3) is 5.57 Å². The normalized spacial score (nSPS) is 15.6. The Balaban J connectivity index is 1.86. The summed E-state index contributed by atoms with van der Waals surface area (Å²) >= 11 is 6.09. The molecule has 3 rings (SSSR count). The monoisotopic (exact) mass is 395 g/mol. The molecule has 0 fully saturated rings. The lowest BCUT2D eigenvalue weighted by Crippen LogP contribution is -2.29. The summed E-state index contributed by atoms with van der Waals surface area (Å²) in [6.07, 6.45) is 11.2. The van der Waals surface area contributed by atoms with E-state index in [-0.39, 0.29) is 11.9 Å². The van der Waals surface area contributed by atoms with E-state index in [9.17, 15) is 4.39 Å². The molecule has 1 nitrogen and oxygen atoms in total. The third-order valence-corrected chi connectivity index (χ3v) is 5.36. The molecule has 2 aromatic rings. The van der Waals surface area contributed by atoms with Crippen LogP contribution in [0.1, 0.15) is 36.9 Å². The molecule has 28 heavy (non-hydrogen) atoms. The zero-order valence-electron chi connectivity index (χ0n) is 16.3. The van der Waals surface area contributed by atoms with Gasteiger partial charge in [-0.3, -0.25) is 4.90 Å². The summed E-state index contributed by atoms with van der Waals surface area (Å²) in [5.74, 6) is 0.352. The molecule has 1 aliphatic carbocycles. The van der Waals surface area contributed by atoms with Crippen LogP contribution in [0, 0.1) is 5.82 Å². The molecule has 0 radical (unpaired) electrons. The molecule has 0 saturated carbocycles. The van der Waals surface area contributed by atoms with Crippen molar-refractivity contribution in [3.8, 4) is 0 Å². The lowest BCUT2D eigenvalue weighted by atomic mass is 9.93. The van der Waals surface area contributed by atoms with Gasteiger partial charge in [-0.1, -0.05) is 66.8 Å². The maximum atomic E-state index is 13.3. The quantitative estimate of drug-likeness (QED) is 0.445. The van der Waals surface area contributed by atoms with Crippen LogP contribution >= 0.6 is 11.6 Å². The SMILES string of the molecule is CC(c1ccc(F)cc1)N(C/C=C(/C1=CCCC=C1)c1ccccc1)CCCl. The summed E-state index contributed by atoms with van der Waals surface area (Å²) in [5, 5.41) is 0. The van der Waals surface area contributed by atoms with Gasteiger partial charge in [0.25, 0.3) is 0 Å². The second kappa shape index (κ2) is 10.4. The van der Waals surface area contributed by atoms with Gasteiger partial charge in [0.2, 0.25) is 0 Å². The molecule has 1 atom stereocenters. The minimum Gasteiger partial charge on any atom is -0.292 e. The highest BCUT2D eigenvalue weighted by Crippen LogP contribution is 2.28. The topological polar surface area (TPSA) is 3.24 Å². The Bertz CT molecular complexity index is 837. The molecule has 2 aromatic carbocycles. The number of hydrogen-bond donors (Lipinski definition) is 0. The van der Waals surface area contributed by atoms with Crippen LogP contribution in [0.5, 0.6) is 0 Å². The molecule has 0 saturated heterocycles. The maximum Gasteiger partial charge on any atom is 0.123 e. The van der Waals surface area contributed by atoms with Crippen LogP contribution in [0.3, 0.4) is 0 Å². The van der Waals surface area contributed by atoms with Gasteiger partial charge in [0.05, 0.1) is 0 Å². The van der Waals surface area contributed by atoms with Crippen LogP contribution in [-0.2, 0) is 0 Å². The van der Waals surface area contributed by atoms with Gasteiger partial charge in [-0.15, -0.1) is 11.6 Å².